The van der Waals surface area contributed by atoms with E-state index in [-0.39, 0.29) is 10.8 Å². The van der Waals surface area contributed by atoms with Crippen LogP contribution in [0.15, 0.2) is 97.1 Å². The van der Waals surface area contributed by atoms with Crippen LogP contribution in [0.2, 0.25) is 0 Å². The maximum atomic E-state index is 2.38. The molecule has 0 fully saturated rings. The van der Waals surface area contributed by atoms with E-state index in [0.29, 0.717) is 0 Å². The predicted octanol–water partition coefficient (Wildman–Crippen LogP) is 7.88. The predicted molar refractivity (Wildman–Crippen MR) is 126 cm³/mol. The van der Waals surface area contributed by atoms with E-state index < -0.39 is 0 Å². The van der Waals surface area contributed by atoms with Crippen LogP contribution >= 0.6 is 0 Å². The first-order valence-electron chi connectivity index (χ1n) is 10.6. The molecule has 0 aliphatic carbocycles. The van der Waals surface area contributed by atoms with Gasteiger partial charge in [0, 0.05) is 10.8 Å². The van der Waals surface area contributed by atoms with Gasteiger partial charge in [0.2, 0.25) is 0 Å². The standard InChI is InChI=1S/C29H30/c1-5-29(4,25-14-10-7-11-15-25)27-19-17-22-20-26(18-16-23(22)21-27)28(2,3)24-12-8-6-9-13-24/h6-21H,5H2,1-4H3. The van der Waals surface area contributed by atoms with Crippen molar-refractivity contribution in [3.63, 3.8) is 0 Å². The number of rotatable bonds is 5. The van der Waals surface area contributed by atoms with Crippen molar-refractivity contribution in [3.8, 4) is 0 Å². The third-order valence-corrected chi connectivity index (χ3v) is 6.81. The van der Waals surface area contributed by atoms with Gasteiger partial charge in [0.05, 0.1) is 0 Å². The highest BCUT2D eigenvalue weighted by Gasteiger charge is 2.27. The van der Waals surface area contributed by atoms with E-state index in [4.69, 9.17) is 0 Å². The number of hydrogen-bond donors (Lipinski definition) is 0. The molecule has 0 heterocycles. The summed E-state index contributed by atoms with van der Waals surface area (Å²) in [4.78, 5) is 0. The Morgan fingerprint density at radius 1 is 0.517 bits per heavy atom. The average molecular weight is 379 g/mol. The Labute approximate surface area is 175 Å². The maximum absolute atomic E-state index is 2.38. The fourth-order valence-electron chi connectivity index (χ4n) is 4.38. The first-order chi connectivity index (χ1) is 13.9. The first kappa shape index (κ1) is 19.5. The van der Waals surface area contributed by atoms with E-state index in [1.807, 2.05) is 0 Å². The highest BCUT2D eigenvalue weighted by molar-refractivity contribution is 5.84. The van der Waals surface area contributed by atoms with Crippen LogP contribution in [-0.2, 0) is 10.8 Å². The Morgan fingerprint density at radius 3 is 1.55 bits per heavy atom. The second-order valence-electron chi connectivity index (χ2n) is 8.82. The molecule has 4 rings (SSSR count). The van der Waals surface area contributed by atoms with Crippen molar-refractivity contribution in [3.05, 3.63) is 119 Å². The molecule has 0 amide bonds. The van der Waals surface area contributed by atoms with E-state index in [9.17, 15) is 0 Å². The highest BCUT2D eigenvalue weighted by atomic mass is 14.3. The van der Waals surface area contributed by atoms with E-state index in [1.165, 1.54) is 33.0 Å². The summed E-state index contributed by atoms with van der Waals surface area (Å²) < 4.78 is 0. The molecule has 0 heteroatoms. The fraction of sp³-hybridized carbons (Fsp3) is 0.241. The molecule has 4 aromatic carbocycles. The lowest BCUT2D eigenvalue weighted by Gasteiger charge is -2.30. The van der Waals surface area contributed by atoms with Gasteiger partial charge in [0.1, 0.15) is 0 Å². The molecule has 0 spiro atoms. The van der Waals surface area contributed by atoms with Gasteiger partial charge in [0.25, 0.3) is 0 Å². The quantitative estimate of drug-likeness (QED) is 0.331. The Hall–Kier alpha value is -2.86. The van der Waals surface area contributed by atoms with Gasteiger partial charge in [-0.05, 0) is 39.4 Å². The average Bonchev–Trinajstić information content (AvgIpc) is 2.79. The van der Waals surface area contributed by atoms with E-state index >= 15 is 0 Å². The summed E-state index contributed by atoms with van der Waals surface area (Å²) in [7, 11) is 0. The molecular formula is C29H30. The van der Waals surface area contributed by atoms with Crippen LogP contribution in [0.4, 0.5) is 0 Å². The lowest BCUT2D eigenvalue weighted by molar-refractivity contribution is 0.550. The Balaban J connectivity index is 1.76. The number of fused-ring (bicyclic) bond motifs is 1. The van der Waals surface area contributed by atoms with Crippen LogP contribution in [0.3, 0.4) is 0 Å². The van der Waals surface area contributed by atoms with Gasteiger partial charge in [-0.3, -0.25) is 0 Å². The van der Waals surface area contributed by atoms with Gasteiger partial charge in [-0.25, -0.2) is 0 Å². The molecule has 1 unspecified atom stereocenters. The summed E-state index contributed by atoms with van der Waals surface area (Å²) in [5, 5.41) is 2.62. The lowest BCUT2D eigenvalue weighted by atomic mass is 9.73. The zero-order chi connectivity index (χ0) is 20.5. The Kier molecular flexibility index (Phi) is 5.04. The van der Waals surface area contributed by atoms with Crippen molar-refractivity contribution in [2.24, 2.45) is 0 Å². The topological polar surface area (TPSA) is 0 Å². The summed E-state index contributed by atoms with van der Waals surface area (Å²) in [6, 6.07) is 35.6. The molecule has 0 nitrogen and oxygen atoms in total. The van der Waals surface area contributed by atoms with Crippen LogP contribution in [0, 0.1) is 0 Å². The highest BCUT2D eigenvalue weighted by Crippen LogP contribution is 2.38. The fourth-order valence-corrected chi connectivity index (χ4v) is 4.38. The third kappa shape index (κ3) is 3.49. The van der Waals surface area contributed by atoms with Gasteiger partial charge in [-0.15, -0.1) is 0 Å². The molecule has 0 bridgehead atoms. The molecule has 146 valence electrons. The van der Waals surface area contributed by atoms with Crippen LogP contribution in [0.1, 0.15) is 56.4 Å². The van der Waals surface area contributed by atoms with Crippen molar-refractivity contribution in [2.45, 2.75) is 44.9 Å². The van der Waals surface area contributed by atoms with Crippen LogP contribution in [0.25, 0.3) is 10.8 Å². The summed E-state index contributed by atoms with van der Waals surface area (Å²) in [6.07, 6.45) is 1.07. The van der Waals surface area contributed by atoms with Gasteiger partial charge in [-0.1, -0.05) is 125 Å². The molecule has 0 N–H and O–H groups in total. The summed E-state index contributed by atoms with van der Waals surface area (Å²) >= 11 is 0. The van der Waals surface area contributed by atoms with Crippen LogP contribution in [0.5, 0.6) is 0 Å². The minimum Gasteiger partial charge on any atom is -0.0642 e. The molecule has 0 aliphatic rings. The van der Waals surface area contributed by atoms with Crippen molar-refractivity contribution < 1.29 is 0 Å². The molecule has 29 heavy (non-hydrogen) atoms. The van der Waals surface area contributed by atoms with Crippen molar-refractivity contribution >= 4 is 10.8 Å². The Morgan fingerprint density at radius 2 is 1.00 bits per heavy atom. The molecule has 0 aromatic heterocycles. The largest absolute Gasteiger partial charge is 0.0642 e. The third-order valence-electron chi connectivity index (χ3n) is 6.81. The molecule has 0 radical (unpaired) electrons. The minimum absolute atomic E-state index is 0.0178. The van der Waals surface area contributed by atoms with Gasteiger partial charge < -0.3 is 0 Å². The second-order valence-corrected chi connectivity index (χ2v) is 8.82. The zero-order valence-corrected chi connectivity index (χ0v) is 17.9. The van der Waals surface area contributed by atoms with Crippen molar-refractivity contribution in [2.75, 3.05) is 0 Å². The molecule has 4 aromatic rings. The lowest BCUT2D eigenvalue weighted by Crippen LogP contribution is -2.22. The second kappa shape index (κ2) is 7.52. The van der Waals surface area contributed by atoms with Crippen LogP contribution < -0.4 is 0 Å². The van der Waals surface area contributed by atoms with Crippen molar-refractivity contribution in [1.29, 1.82) is 0 Å². The normalized spacial score (nSPS) is 13.9. The summed E-state index contributed by atoms with van der Waals surface area (Å²) in [6.45, 7) is 9.25. The number of benzene rings is 4. The SMILES string of the molecule is CCC(C)(c1ccccc1)c1ccc2cc(C(C)(C)c3ccccc3)ccc2c1. The van der Waals surface area contributed by atoms with E-state index in [2.05, 4.69) is 125 Å². The summed E-state index contributed by atoms with van der Waals surface area (Å²) in [5.74, 6) is 0. The zero-order valence-electron chi connectivity index (χ0n) is 17.9. The molecule has 0 aliphatic heterocycles. The van der Waals surface area contributed by atoms with Crippen molar-refractivity contribution in [1.82, 2.24) is 0 Å². The Bertz CT molecular complexity index is 1110. The monoisotopic (exact) mass is 378 g/mol. The molecule has 1 atom stereocenters. The van der Waals surface area contributed by atoms with E-state index in [1.54, 1.807) is 0 Å². The first-order valence-corrected chi connectivity index (χ1v) is 10.6. The minimum atomic E-state index is -0.0178. The molecule has 0 saturated carbocycles. The summed E-state index contributed by atoms with van der Waals surface area (Å²) in [5.41, 5.74) is 5.47. The van der Waals surface area contributed by atoms with E-state index in [0.717, 1.165) is 6.42 Å². The maximum Gasteiger partial charge on any atom is 0.0172 e. The van der Waals surface area contributed by atoms with Crippen LogP contribution in [-0.4, -0.2) is 0 Å². The molecular weight excluding hydrogens is 348 g/mol. The van der Waals surface area contributed by atoms with Gasteiger partial charge >= 0.3 is 0 Å². The molecule has 0 saturated heterocycles. The van der Waals surface area contributed by atoms with Gasteiger partial charge in [0.15, 0.2) is 0 Å². The number of hydrogen-bond acceptors (Lipinski definition) is 0. The smallest absolute Gasteiger partial charge is 0.0172 e. The van der Waals surface area contributed by atoms with Gasteiger partial charge in [-0.2, -0.15) is 0 Å².